The first-order valence-electron chi connectivity index (χ1n) is 8.01. The number of nitrogens with zero attached hydrogens (tertiary/aromatic N) is 2. The number of thiophene rings is 1. The van der Waals surface area contributed by atoms with Gasteiger partial charge in [-0.1, -0.05) is 23.1 Å². The van der Waals surface area contributed by atoms with Crippen molar-refractivity contribution in [3.05, 3.63) is 17.0 Å². The molecule has 0 spiro atoms. The second-order valence-electron chi connectivity index (χ2n) is 5.13. The second kappa shape index (κ2) is 10.5. The molecule has 0 aliphatic rings. The quantitative estimate of drug-likeness (QED) is 0.381. The molecule has 0 saturated heterocycles. The molecular weight excluding hydrogens is 394 g/mol. The molecule has 0 aliphatic heterocycles. The largest absolute Gasteiger partial charge is 0.382 e. The molecule has 2 amide bonds. The van der Waals surface area contributed by atoms with Crippen LogP contribution in [-0.4, -0.2) is 47.0 Å². The average molecular weight is 416 g/mol. The summed E-state index contributed by atoms with van der Waals surface area (Å²) in [4.78, 5) is 23.6. The Hall–Kier alpha value is -1.69. The smallest absolute Gasteiger partial charge is 0.251 e. The Balaban J connectivity index is 1.81. The van der Waals surface area contributed by atoms with Gasteiger partial charge in [0, 0.05) is 19.8 Å². The number of nitrogens with two attached hydrogens (primary N) is 1. The van der Waals surface area contributed by atoms with Crippen molar-refractivity contribution in [1.29, 1.82) is 0 Å². The highest BCUT2D eigenvalue weighted by atomic mass is 32.2. The van der Waals surface area contributed by atoms with Crippen LogP contribution in [-0.2, 0) is 9.53 Å². The molecule has 0 radical (unpaired) electrons. The summed E-state index contributed by atoms with van der Waals surface area (Å²) in [7, 11) is 0. The SMILES string of the molecule is CCOCCCNc1nnc(SC(C)C(=O)Nc2sccc2C(N)=O)s1. The average Bonchev–Trinajstić information content (AvgIpc) is 3.24. The molecule has 0 fully saturated rings. The molecule has 0 saturated carbocycles. The van der Waals surface area contributed by atoms with Gasteiger partial charge < -0.3 is 21.1 Å². The van der Waals surface area contributed by atoms with Crippen LogP contribution >= 0.6 is 34.4 Å². The van der Waals surface area contributed by atoms with Gasteiger partial charge in [0.15, 0.2) is 4.34 Å². The van der Waals surface area contributed by atoms with Crippen molar-refractivity contribution in [2.45, 2.75) is 29.9 Å². The molecule has 1 unspecified atom stereocenters. The first-order valence-corrected chi connectivity index (χ1v) is 10.6. The zero-order valence-electron chi connectivity index (χ0n) is 14.5. The first-order chi connectivity index (χ1) is 12.5. The van der Waals surface area contributed by atoms with Crippen LogP contribution in [0.4, 0.5) is 10.1 Å². The molecule has 2 aromatic heterocycles. The number of carbonyl (C=O) groups is 2. The number of aromatic nitrogens is 2. The van der Waals surface area contributed by atoms with E-state index in [1.54, 1.807) is 18.4 Å². The van der Waals surface area contributed by atoms with Crippen LogP contribution in [0.15, 0.2) is 15.8 Å². The van der Waals surface area contributed by atoms with E-state index in [-0.39, 0.29) is 5.91 Å². The van der Waals surface area contributed by atoms with Crippen LogP contribution in [0.2, 0.25) is 0 Å². The van der Waals surface area contributed by atoms with E-state index < -0.39 is 11.2 Å². The van der Waals surface area contributed by atoms with Crippen LogP contribution < -0.4 is 16.4 Å². The zero-order valence-corrected chi connectivity index (χ0v) is 16.9. The van der Waals surface area contributed by atoms with Crippen LogP contribution in [0.3, 0.4) is 0 Å². The van der Waals surface area contributed by atoms with Crippen molar-refractivity contribution < 1.29 is 14.3 Å². The minimum Gasteiger partial charge on any atom is -0.382 e. The van der Waals surface area contributed by atoms with E-state index in [1.807, 2.05) is 6.92 Å². The predicted octanol–water partition coefficient (Wildman–Crippen LogP) is 2.66. The van der Waals surface area contributed by atoms with Gasteiger partial charge in [0.25, 0.3) is 5.91 Å². The van der Waals surface area contributed by atoms with Crippen molar-refractivity contribution in [3.8, 4) is 0 Å². The van der Waals surface area contributed by atoms with Gasteiger partial charge in [-0.3, -0.25) is 9.59 Å². The highest BCUT2D eigenvalue weighted by Gasteiger charge is 2.20. The number of rotatable bonds is 11. The summed E-state index contributed by atoms with van der Waals surface area (Å²) in [5.41, 5.74) is 5.60. The molecule has 11 heteroatoms. The summed E-state index contributed by atoms with van der Waals surface area (Å²) in [6.07, 6.45) is 0.887. The lowest BCUT2D eigenvalue weighted by atomic mass is 10.3. The summed E-state index contributed by atoms with van der Waals surface area (Å²) < 4.78 is 5.97. The fourth-order valence-corrected chi connectivity index (χ4v) is 4.58. The van der Waals surface area contributed by atoms with Crippen LogP contribution in [0, 0.1) is 0 Å². The number of thioether (sulfide) groups is 1. The standard InChI is InChI=1S/C15H21N5O3S3/c1-3-23-7-4-6-17-14-19-20-15(26-14)25-9(2)12(22)18-13-10(11(16)21)5-8-24-13/h5,8-9H,3-4,6-7H2,1-2H3,(H2,16,21)(H,17,19)(H,18,22). The van der Waals surface area contributed by atoms with E-state index in [0.29, 0.717) is 33.2 Å². The minimum atomic E-state index is -0.564. The van der Waals surface area contributed by atoms with Crippen LogP contribution in [0.1, 0.15) is 30.6 Å². The van der Waals surface area contributed by atoms with Gasteiger partial charge in [-0.15, -0.1) is 21.5 Å². The van der Waals surface area contributed by atoms with Crippen molar-refractivity contribution in [2.75, 3.05) is 30.4 Å². The van der Waals surface area contributed by atoms with Gasteiger partial charge in [0.2, 0.25) is 11.0 Å². The summed E-state index contributed by atoms with van der Waals surface area (Å²) in [6, 6.07) is 1.59. The third-order valence-electron chi connectivity index (χ3n) is 3.17. The van der Waals surface area contributed by atoms with Crippen molar-refractivity contribution in [2.24, 2.45) is 5.73 Å². The molecule has 142 valence electrons. The maximum atomic E-state index is 12.3. The third-order valence-corrected chi connectivity index (χ3v) is 6.06. The Labute approximate surface area is 163 Å². The number of hydrogen-bond acceptors (Lipinski definition) is 9. The molecule has 1 atom stereocenters. The Morgan fingerprint density at radius 1 is 1.42 bits per heavy atom. The number of hydrogen-bond donors (Lipinski definition) is 3. The van der Waals surface area contributed by atoms with Gasteiger partial charge in [0.05, 0.1) is 10.8 Å². The van der Waals surface area contributed by atoms with Crippen LogP contribution in [0.25, 0.3) is 0 Å². The van der Waals surface area contributed by atoms with E-state index >= 15 is 0 Å². The molecule has 2 rings (SSSR count). The third kappa shape index (κ3) is 6.24. The van der Waals surface area contributed by atoms with E-state index in [2.05, 4.69) is 20.8 Å². The summed E-state index contributed by atoms with van der Waals surface area (Å²) in [5.74, 6) is -0.785. The van der Waals surface area contributed by atoms with E-state index in [4.69, 9.17) is 10.5 Å². The summed E-state index contributed by atoms with van der Waals surface area (Å²) >= 11 is 3.97. The monoisotopic (exact) mass is 415 g/mol. The molecule has 0 aromatic carbocycles. The highest BCUT2D eigenvalue weighted by molar-refractivity contribution is 8.02. The van der Waals surface area contributed by atoms with E-state index in [9.17, 15) is 9.59 Å². The molecule has 2 aromatic rings. The molecular formula is C15H21N5O3S3. The first kappa shape index (κ1) is 20.6. The minimum absolute atomic E-state index is 0.221. The second-order valence-corrected chi connectivity index (χ2v) is 8.61. The summed E-state index contributed by atoms with van der Waals surface area (Å²) in [6.45, 7) is 5.91. The van der Waals surface area contributed by atoms with Gasteiger partial charge in [-0.25, -0.2) is 0 Å². The maximum Gasteiger partial charge on any atom is 0.251 e. The Morgan fingerprint density at radius 2 is 2.23 bits per heavy atom. The normalized spacial score (nSPS) is 11.9. The number of amides is 2. The molecule has 4 N–H and O–H groups in total. The maximum absolute atomic E-state index is 12.3. The Kier molecular flexibility index (Phi) is 8.29. The fraction of sp³-hybridized carbons (Fsp3) is 0.467. The van der Waals surface area contributed by atoms with Crippen LogP contribution in [0.5, 0.6) is 0 Å². The molecule has 0 aliphatic carbocycles. The topological polar surface area (TPSA) is 119 Å². The van der Waals surface area contributed by atoms with Crippen molar-refractivity contribution in [3.63, 3.8) is 0 Å². The van der Waals surface area contributed by atoms with Gasteiger partial charge in [-0.05, 0) is 31.7 Å². The van der Waals surface area contributed by atoms with Crippen molar-refractivity contribution >= 4 is 56.4 Å². The molecule has 8 nitrogen and oxygen atoms in total. The zero-order chi connectivity index (χ0) is 18.9. The van der Waals surface area contributed by atoms with E-state index in [0.717, 1.165) is 13.0 Å². The fourth-order valence-electron chi connectivity index (χ4n) is 1.86. The predicted molar refractivity (Wildman–Crippen MR) is 106 cm³/mol. The Morgan fingerprint density at radius 3 is 2.96 bits per heavy atom. The molecule has 26 heavy (non-hydrogen) atoms. The lowest BCUT2D eigenvalue weighted by Gasteiger charge is -2.09. The number of nitrogens with one attached hydrogen (secondary N) is 2. The van der Waals surface area contributed by atoms with Gasteiger partial charge in [-0.2, -0.15) is 0 Å². The van der Waals surface area contributed by atoms with Gasteiger partial charge >= 0.3 is 0 Å². The van der Waals surface area contributed by atoms with Crippen molar-refractivity contribution in [1.82, 2.24) is 10.2 Å². The summed E-state index contributed by atoms with van der Waals surface area (Å²) in [5, 5.41) is 16.6. The lowest BCUT2D eigenvalue weighted by Crippen LogP contribution is -2.23. The highest BCUT2D eigenvalue weighted by Crippen LogP contribution is 2.30. The van der Waals surface area contributed by atoms with Gasteiger partial charge in [0.1, 0.15) is 5.00 Å². The molecule has 2 heterocycles. The molecule has 0 bridgehead atoms. The number of anilines is 2. The lowest BCUT2D eigenvalue weighted by molar-refractivity contribution is -0.115. The number of primary amides is 1. The number of carbonyl (C=O) groups excluding carboxylic acids is 2. The Bertz CT molecular complexity index is 734. The van der Waals surface area contributed by atoms with E-state index in [1.165, 1.54) is 34.4 Å². The number of ether oxygens (including phenoxy) is 1.